The third kappa shape index (κ3) is 22.1. The Labute approximate surface area is 515 Å². The maximum Gasteiger partial charge on any atom is 1.00 e. The molecule has 22 nitrogen and oxygen atoms in total. The van der Waals surface area contributed by atoms with Crippen molar-refractivity contribution in [2.24, 2.45) is 0 Å². The number of amides is 2. The van der Waals surface area contributed by atoms with E-state index in [-0.39, 0.29) is 201 Å². The van der Waals surface area contributed by atoms with E-state index in [4.69, 9.17) is 47.6 Å². The van der Waals surface area contributed by atoms with E-state index in [1.165, 1.54) is 4.90 Å². The predicted octanol–water partition coefficient (Wildman–Crippen LogP) is -4.32. The molecule has 2 amide bonds. The van der Waals surface area contributed by atoms with Crippen molar-refractivity contribution in [2.45, 2.75) is 149 Å². The molecular weight excluding hydrogens is 1140 g/mol. The smallest absolute Gasteiger partial charge is 1.00 e. The van der Waals surface area contributed by atoms with E-state index >= 15 is 0 Å². The molecular formula is C40H70B2Cs2N6O16S. The van der Waals surface area contributed by atoms with Gasteiger partial charge in [-0.2, -0.15) is 18.6 Å². The minimum Gasteiger partial charge on any atom is -1.00 e. The summed E-state index contributed by atoms with van der Waals surface area (Å²) in [7, 11) is -4.25. The van der Waals surface area contributed by atoms with Crippen LogP contribution in [0.15, 0.2) is 24.8 Å². The number of hydrogen-bond donors (Lipinski definition) is 1. The molecule has 4 aliphatic heterocycles. The summed E-state index contributed by atoms with van der Waals surface area (Å²) in [6, 6.07) is 0. The van der Waals surface area contributed by atoms with Crippen LogP contribution in [0.2, 0.25) is 0 Å². The van der Waals surface area contributed by atoms with Gasteiger partial charge in [0.05, 0.1) is 74.2 Å². The average Bonchev–Trinajstić information content (AvgIpc) is 3.96. The average molecular weight is 1210 g/mol. The predicted molar refractivity (Wildman–Crippen MR) is 236 cm³/mol. The molecule has 0 unspecified atom stereocenters. The summed E-state index contributed by atoms with van der Waals surface area (Å²) in [4.78, 5) is 38.6. The second-order valence-electron chi connectivity index (χ2n) is 19.7. The molecule has 67 heavy (non-hydrogen) atoms. The molecule has 2 aromatic rings. The zero-order valence-electron chi connectivity index (χ0n) is 43.5. The molecule has 6 heterocycles. The third-order valence-corrected chi connectivity index (χ3v) is 11.3. The number of aromatic nitrogens is 4. The number of nitrogens with zero attached hydrogens (tertiary/aromatic N) is 5. The molecule has 0 spiro atoms. The van der Waals surface area contributed by atoms with Gasteiger partial charge in [-0.3, -0.25) is 18.8 Å². The normalized spacial score (nSPS) is 21.6. The molecule has 4 fully saturated rings. The molecule has 0 aliphatic carbocycles. The van der Waals surface area contributed by atoms with Crippen molar-refractivity contribution in [1.82, 2.24) is 29.8 Å². The van der Waals surface area contributed by atoms with Gasteiger partial charge in [0.1, 0.15) is 17.3 Å². The zero-order valence-corrected chi connectivity index (χ0v) is 55.9. The van der Waals surface area contributed by atoms with Gasteiger partial charge in [-0.05, 0) is 96.9 Å². The van der Waals surface area contributed by atoms with Gasteiger partial charge in [-0.25, -0.2) is 9.59 Å². The van der Waals surface area contributed by atoms with Gasteiger partial charge in [0.25, 0.3) is 16.6 Å². The van der Waals surface area contributed by atoms with Crippen LogP contribution in [0.5, 0.6) is 0 Å². The maximum atomic E-state index is 12.3. The number of hydrogen-bond acceptors (Lipinski definition) is 18. The summed E-state index contributed by atoms with van der Waals surface area (Å²) in [6.07, 6.45) is 6.82. The van der Waals surface area contributed by atoms with Crippen molar-refractivity contribution in [1.29, 1.82) is 0 Å². The summed E-state index contributed by atoms with van der Waals surface area (Å²) in [5, 5.41) is 19.5. The Morgan fingerprint density at radius 2 is 1.22 bits per heavy atom. The standard InChI is InChI=1S/C19H32BN3O5.C11H21NO6S.C9H15BN2O2.CH2O3.2Cs.H/c1-17(2,3)26-16(24)22-8-9-25-15(12-22)13-23-11-14(10-21-23)20-27-18(4,5)19(6,7)28-20;1-11(2,3)18-10(13)12-5-6-16-9(7-12)8-17-19(4,14)15;1-8(2)9(3,4)14-10(13-8)7-5-11-12-6-7;2-1-4-3;;;/h10-11,15H,8-9,12-13H2,1-7H3;9H,5-8H2,1-4H3;5-6H,1-4H3,(H,11,12);1,3H;;;/q;;;;2*+1;-1/p-1/t15-;9-;;;;;/m00...../s1. The Balaban J connectivity index is 0.000000980. The molecule has 1 N–H and O–H groups in total. The quantitative estimate of drug-likeness (QED) is 0.0863. The molecule has 0 aromatic carbocycles. The Kier molecular flexibility index (Phi) is 26.9. The van der Waals surface area contributed by atoms with Crippen LogP contribution in [0.3, 0.4) is 0 Å². The van der Waals surface area contributed by atoms with Gasteiger partial charge in [-0.1, -0.05) is 0 Å². The van der Waals surface area contributed by atoms with Crippen LogP contribution in [-0.4, -0.2) is 169 Å². The fraction of sp³-hybridized carbons (Fsp3) is 0.775. The molecule has 4 aliphatic rings. The van der Waals surface area contributed by atoms with Gasteiger partial charge in [0, 0.05) is 48.8 Å². The number of ether oxygens (including phenoxy) is 4. The van der Waals surface area contributed by atoms with Crippen LogP contribution in [0.25, 0.3) is 0 Å². The van der Waals surface area contributed by atoms with Crippen LogP contribution in [0, 0.1) is 0 Å². The molecule has 0 radical (unpaired) electrons. The van der Waals surface area contributed by atoms with E-state index < -0.39 is 40.6 Å². The Hall–Kier alpha value is 0.294. The van der Waals surface area contributed by atoms with Gasteiger partial charge in [-0.15, -0.1) is 0 Å². The molecule has 0 saturated carbocycles. The summed E-state index contributed by atoms with van der Waals surface area (Å²) in [5.41, 5.74) is -0.606. The van der Waals surface area contributed by atoms with Crippen LogP contribution >= 0.6 is 0 Å². The SMILES string of the molecule is CC(C)(C)OC(=O)N1CCO[C@H](COS(C)(=O)=O)C1.CC(C)(C)OC(=O)N1CCO[C@H](Cn2cc(B3OC(C)(C)C(C)(C)O3)cn2)C1.CC1(C)OB(c2cn[nH]c2)OC1(C)C.O=CO[O-].[Cs+].[Cs+].[H-]. The molecule has 2 aromatic heterocycles. The molecule has 0 bridgehead atoms. The Morgan fingerprint density at radius 1 is 0.806 bits per heavy atom. The van der Waals surface area contributed by atoms with Crippen molar-refractivity contribution in [3.63, 3.8) is 0 Å². The van der Waals surface area contributed by atoms with Crippen LogP contribution in [0.4, 0.5) is 9.59 Å². The zero-order chi connectivity index (χ0) is 49.2. The van der Waals surface area contributed by atoms with E-state index in [1.807, 2.05) is 87.0 Å². The van der Waals surface area contributed by atoms with Crippen molar-refractivity contribution < 1.29 is 214 Å². The van der Waals surface area contributed by atoms with Gasteiger partial charge >= 0.3 is 164 Å². The first kappa shape index (κ1) is 65.3. The fourth-order valence-electron chi connectivity index (χ4n) is 5.99. The largest absolute Gasteiger partial charge is 1.00 e. The topological polar surface area (TPSA) is 254 Å². The fourth-order valence-corrected chi connectivity index (χ4v) is 6.39. The summed E-state index contributed by atoms with van der Waals surface area (Å²) >= 11 is 0. The molecule has 370 valence electrons. The number of carbonyl (C=O) groups excluding carboxylic acids is 3. The Bertz CT molecular complexity index is 1920. The van der Waals surface area contributed by atoms with Crippen LogP contribution in [-0.2, 0) is 68.1 Å². The molecule has 2 atom stereocenters. The molecule has 6 rings (SSSR count). The number of nitrogens with one attached hydrogen (secondary N) is 1. The number of carbonyl (C=O) groups is 3. The first-order chi connectivity index (χ1) is 29.8. The first-order valence-corrected chi connectivity index (χ1v) is 23.1. The van der Waals surface area contributed by atoms with Crippen molar-refractivity contribution in [3.05, 3.63) is 24.8 Å². The van der Waals surface area contributed by atoms with Crippen molar-refractivity contribution in [3.8, 4) is 0 Å². The van der Waals surface area contributed by atoms with E-state index in [0.717, 1.165) is 17.2 Å². The van der Waals surface area contributed by atoms with Crippen LogP contribution in [0.1, 0.15) is 98.4 Å². The number of aromatic amines is 1. The number of morpholine rings is 2. The van der Waals surface area contributed by atoms with Gasteiger partial charge in [0.15, 0.2) is 0 Å². The minimum absolute atomic E-state index is 0. The number of rotatable bonds is 8. The van der Waals surface area contributed by atoms with Gasteiger partial charge < -0.3 is 58.9 Å². The van der Waals surface area contributed by atoms with E-state index in [0.29, 0.717) is 39.4 Å². The second kappa shape index (κ2) is 27.5. The third-order valence-electron chi connectivity index (χ3n) is 10.7. The van der Waals surface area contributed by atoms with Gasteiger partial charge in [0.2, 0.25) is 0 Å². The van der Waals surface area contributed by atoms with E-state index in [2.05, 4.69) is 24.4 Å². The van der Waals surface area contributed by atoms with E-state index in [9.17, 15) is 18.0 Å². The second-order valence-corrected chi connectivity index (χ2v) is 21.4. The first-order valence-electron chi connectivity index (χ1n) is 21.2. The van der Waals surface area contributed by atoms with Crippen molar-refractivity contribution in [2.75, 3.05) is 52.3 Å². The van der Waals surface area contributed by atoms with Crippen LogP contribution < -0.4 is 154 Å². The molecule has 27 heteroatoms. The number of H-pyrrole nitrogens is 1. The van der Waals surface area contributed by atoms with E-state index in [1.54, 1.807) is 44.3 Å². The monoisotopic (exact) mass is 1210 g/mol. The summed E-state index contributed by atoms with van der Waals surface area (Å²) < 4.78 is 73.9. The molecule has 4 saturated heterocycles. The maximum absolute atomic E-state index is 12.3. The minimum atomic E-state index is -3.50. The van der Waals surface area contributed by atoms with Crippen molar-refractivity contribution >= 4 is 53.9 Å². The summed E-state index contributed by atoms with van der Waals surface area (Å²) in [6.45, 7) is 30.0. The Morgan fingerprint density at radius 3 is 1.61 bits per heavy atom. The summed E-state index contributed by atoms with van der Waals surface area (Å²) in [5.74, 6) is 0.